The average Bonchev–Trinajstić information content (AvgIpc) is 2.55. The Balaban J connectivity index is 2.21. The van der Waals surface area contributed by atoms with Gasteiger partial charge in [-0.2, -0.15) is 0 Å². The van der Waals surface area contributed by atoms with Crippen LogP contribution in [-0.2, 0) is 4.79 Å². The Labute approximate surface area is 126 Å². The first-order valence-electron chi connectivity index (χ1n) is 7.39. The normalized spacial score (nSPS) is 21.7. The Morgan fingerprint density at radius 1 is 1.38 bits per heavy atom. The molecule has 1 aliphatic heterocycles. The van der Waals surface area contributed by atoms with Gasteiger partial charge < -0.3 is 20.1 Å². The summed E-state index contributed by atoms with van der Waals surface area (Å²) in [4.78, 5) is 12.7. The molecule has 0 aliphatic carbocycles. The summed E-state index contributed by atoms with van der Waals surface area (Å²) in [7, 11) is 3.20. The second kappa shape index (κ2) is 6.80. The summed E-state index contributed by atoms with van der Waals surface area (Å²) in [5.74, 6) is 1.38. The van der Waals surface area contributed by atoms with Crippen molar-refractivity contribution in [3.63, 3.8) is 0 Å². The van der Waals surface area contributed by atoms with Crippen molar-refractivity contribution in [3.05, 3.63) is 18.2 Å². The van der Waals surface area contributed by atoms with Gasteiger partial charge in [0, 0.05) is 12.6 Å². The molecular weight excluding hydrogens is 268 g/mol. The van der Waals surface area contributed by atoms with Crippen molar-refractivity contribution in [1.82, 2.24) is 5.32 Å². The lowest BCUT2D eigenvalue weighted by molar-refractivity contribution is -0.126. The number of anilines is 1. The Kier molecular flexibility index (Phi) is 5.07. The van der Waals surface area contributed by atoms with Crippen LogP contribution in [0.3, 0.4) is 0 Å². The van der Waals surface area contributed by atoms with Crippen molar-refractivity contribution in [3.8, 4) is 11.5 Å². The number of ether oxygens (including phenoxy) is 2. The molecule has 0 saturated carbocycles. The van der Waals surface area contributed by atoms with Gasteiger partial charge in [0.15, 0.2) is 0 Å². The van der Waals surface area contributed by atoms with Crippen LogP contribution in [0.2, 0.25) is 0 Å². The summed E-state index contributed by atoms with van der Waals surface area (Å²) in [6, 6.07) is 5.40. The lowest BCUT2D eigenvalue weighted by Gasteiger charge is -2.35. The number of carbonyl (C=O) groups is 1. The molecule has 116 valence electrons. The third-order valence-electron chi connectivity index (χ3n) is 4.29. The lowest BCUT2D eigenvalue weighted by Crippen LogP contribution is -2.47. The zero-order valence-corrected chi connectivity index (χ0v) is 13.0. The minimum absolute atomic E-state index is 0.0451. The summed E-state index contributed by atoms with van der Waals surface area (Å²) in [6.45, 7) is 3.77. The predicted molar refractivity (Wildman–Crippen MR) is 83.0 cm³/mol. The maximum atomic E-state index is 12.7. The van der Waals surface area contributed by atoms with Gasteiger partial charge in [0.25, 0.3) is 0 Å². The van der Waals surface area contributed by atoms with Crippen LogP contribution in [0.5, 0.6) is 11.5 Å². The number of nitrogens with one attached hydrogen (secondary N) is 2. The van der Waals surface area contributed by atoms with E-state index in [9.17, 15) is 4.79 Å². The zero-order chi connectivity index (χ0) is 15.3. The molecule has 1 amide bonds. The summed E-state index contributed by atoms with van der Waals surface area (Å²) in [6.07, 6.45) is 2.75. The van der Waals surface area contributed by atoms with Crippen molar-refractivity contribution in [1.29, 1.82) is 0 Å². The van der Waals surface area contributed by atoms with Crippen LogP contribution in [-0.4, -0.2) is 33.2 Å². The molecule has 2 N–H and O–H groups in total. The van der Waals surface area contributed by atoms with E-state index in [0.717, 1.165) is 32.4 Å². The molecule has 0 spiro atoms. The number of piperidine rings is 1. The van der Waals surface area contributed by atoms with Gasteiger partial charge in [-0.05, 0) is 37.9 Å². The van der Waals surface area contributed by atoms with Crippen LogP contribution >= 0.6 is 0 Å². The largest absolute Gasteiger partial charge is 0.497 e. The molecule has 1 aromatic rings. The van der Waals surface area contributed by atoms with E-state index < -0.39 is 0 Å². The van der Waals surface area contributed by atoms with Crippen molar-refractivity contribution >= 4 is 11.6 Å². The average molecular weight is 292 g/mol. The van der Waals surface area contributed by atoms with Crippen LogP contribution < -0.4 is 20.1 Å². The molecule has 5 heteroatoms. The molecule has 1 unspecified atom stereocenters. The molecule has 0 aromatic heterocycles. The highest BCUT2D eigenvalue weighted by Crippen LogP contribution is 2.34. The number of hydrogen-bond donors (Lipinski definition) is 2. The quantitative estimate of drug-likeness (QED) is 0.875. The van der Waals surface area contributed by atoms with Gasteiger partial charge in [0.05, 0.1) is 25.3 Å². The Hall–Kier alpha value is -1.75. The number of hydrogen-bond acceptors (Lipinski definition) is 4. The fraction of sp³-hybridized carbons (Fsp3) is 0.562. The molecule has 0 bridgehead atoms. The molecular formula is C16H24N2O3. The monoisotopic (exact) mass is 292 g/mol. The minimum atomic E-state index is -0.341. The highest BCUT2D eigenvalue weighted by molar-refractivity contribution is 5.97. The highest BCUT2D eigenvalue weighted by atomic mass is 16.5. The third kappa shape index (κ3) is 3.29. The Morgan fingerprint density at radius 3 is 2.76 bits per heavy atom. The van der Waals surface area contributed by atoms with Gasteiger partial charge >= 0.3 is 0 Å². The first-order chi connectivity index (χ1) is 10.1. The van der Waals surface area contributed by atoms with Crippen molar-refractivity contribution in [2.45, 2.75) is 26.2 Å². The van der Waals surface area contributed by atoms with E-state index in [2.05, 4.69) is 17.6 Å². The Morgan fingerprint density at radius 2 is 2.19 bits per heavy atom. The second-order valence-corrected chi connectivity index (χ2v) is 5.43. The SMILES string of the molecule is CCC1(C(=O)Nc2cc(OC)ccc2OC)CCCNC1. The minimum Gasteiger partial charge on any atom is -0.497 e. The summed E-state index contributed by atoms with van der Waals surface area (Å²) >= 11 is 0. The first-order valence-corrected chi connectivity index (χ1v) is 7.39. The van der Waals surface area contributed by atoms with Crippen molar-refractivity contribution < 1.29 is 14.3 Å². The lowest BCUT2D eigenvalue weighted by atomic mass is 9.77. The number of methoxy groups -OCH3 is 2. The van der Waals surface area contributed by atoms with Crippen LogP contribution in [0.25, 0.3) is 0 Å². The molecule has 1 atom stereocenters. The van der Waals surface area contributed by atoms with Crippen molar-refractivity contribution in [2.75, 3.05) is 32.6 Å². The van der Waals surface area contributed by atoms with Crippen molar-refractivity contribution in [2.24, 2.45) is 5.41 Å². The number of benzene rings is 1. The van der Waals surface area contributed by atoms with Gasteiger partial charge in [0.2, 0.25) is 5.91 Å². The summed E-state index contributed by atoms with van der Waals surface area (Å²) in [5.41, 5.74) is 0.312. The van der Waals surface area contributed by atoms with Gasteiger partial charge in [-0.1, -0.05) is 6.92 Å². The maximum Gasteiger partial charge on any atom is 0.231 e. The number of amides is 1. The molecule has 2 rings (SSSR count). The van der Waals surface area contributed by atoms with Crippen LogP contribution in [0.4, 0.5) is 5.69 Å². The standard InChI is InChI=1S/C16H24N2O3/c1-4-16(8-5-9-17-11-16)15(19)18-13-10-12(20-2)6-7-14(13)21-3/h6-7,10,17H,4-5,8-9,11H2,1-3H3,(H,18,19). The second-order valence-electron chi connectivity index (χ2n) is 5.43. The van der Waals surface area contributed by atoms with E-state index in [0.29, 0.717) is 17.2 Å². The summed E-state index contributed by atoms with van der Waals surface area (Å²) in [5, 5.41) is 6.34. The van der Waals surface area contributed by atoms with Crippen LogP contribution in [0.15, 0.2) is 18.2 Å². The maximum absolute atomic E-state index is 12.7. The molecule has 1 aromatic carbocycles. The van der Waals surface area contributed by atoms with E-state index in [4.69, 9.17) is 9.47 Å². The molecule has 1 saturated heterocycles. The van der Waals surface area contributed by atoms with Gasteiger partial charge in [-0.3, -0.25) is 4.79 Å². The number of carbonyl (C=O) groups excluding carboxylic acids is 1. The molecule has 1 heterocycles. The molecule has 0 radical (unpaired) electrons. The topological polar surface area (TPSA) is 59.6 Å². The van der Waals surface area contributed by atoms with Crippen LogP contribution in [0, 0.1) is 5.41 Å². The molecule has 5 nitrogen and oxygen atoms in total. The smallest absolute Gasteiger partial charge is 0.231 e. The van der Waals surface area contributed by atoms with Gasteiger partial charge in [0.1, 0.15) is 11.5 Å². The van der Waals surface area contributed by atoms with Gasteiger partial charge in [-0.25, -0.2) is 0 Å². The zero-order valence-electron chi connectivity index (χ0n) is 13.0. The van der Waals surface area contributed by atoms with E-state index >= 15 is 0 Å². The molecule has 1 fully saturated rings. The van der Waals surface area contributed by atoms with Gasteiger partial charge in [-0.15, -0.1) is 0 Å². The fourth-order valence-electron chi connectivity index (χ4n) is 2.79. The van der Waals surface area contributed by atoms with Crippen LogP contribution in [0.1, 0.15) is 26.2 Å². The summed E-state index contributed by atoms with van der Waals surface area (Å²) < 4.78 is 10.5. The molecule has 1 aliphatic rings. The first kappa shape index (κ1) is 15.6. The van der Waals surface area contributed by atoms with E-state index in [1.807, 2.05) is 6.07 Å². The predicted octanol–water partition coefficient (Wildman–Crippen LogP) is 2.42. The number of rotatable bonds is 5. The Bertz CT molecular complexity index is 496. The highest BCUT2D eigenvalue weighted by Gasteiger charge is 2.38. The van der Waals surface area contributed by atoms with E-state index in [1.165, 1.54) is 0 Å². The van der Waals surface area contributed by atoms with E-state index in [1.54, 1.807) is 26.4 Å². The molecule has 21 heavy (non-hydrogen) atoms. The fourth-order valence-corrected chi connectivity index (χ4v) is 2.79. The van der Waals surface area contributed by atoms with E-state index in [-0.39, 0.29) is 11.3 Å². The third-order valence-corrected chi connectivity index (χ3v) is 4.29.